The first-order valence-corrected chi connectivity index (χ1v) is 3.57. The zero-order valence-corrected chi connectivity index (χ0v) is 6.75. The van der Waals surface area contributed by atoms with Gasteiger partial charge in [-0.05, 0) is 0 Å². The molecule has 6 heteroatoms. The van der Waals surface area contributed by atoms with E-state index in [4.69, 9.17) is 15.6 Å². The summed E-state index contributed by atoms with van der Waals surface area (Å²) >= 11 is 0. The molecule has 3 N–H and O–H groups in total. The monoisotopic (exact) mass is 183 g/mol. The summed E-state index contributed by atoms with van der Waals surface area (Å²) in [4.78, 5) is 17.8. The van der Waals surface area contributed by atoms with Gasteiger partial charge in [0.15, 0.2) is 0 Å². The Labute approximate surface area is 74.4 Å². The Kier molecular flexibility index (Phi) is 3.15. The van der Waals surface area contributed by atoms with E-state index in [9.17, 15) is 4.79 Å². The van der Waals surface area contributed by atoms with Crippen LogP contribution in [-0.4, -0.2) is 33.7 Å². The predicted octanol–water partition coefficient (Wildman–Crippen LogP) is -0.733. The Morgan fingerprint density at radius 2 is 2.46 bits per heavy atom. The van der Waals surface area contributed by atoms with Gasteiger partial charge in [-0.1, -0.05) is 0 Å². The van der Waals surface area contributed by atoms with Crippen LogP contribution in [0.4, 0.5) is 0 Å². The fourth-order valence-electron chi connectivity index (χ4n) is 0.606. The number of carboxylic acid groups (broad SMARTS) is 1. The lowest BCUT2D eigenvalue weighted by molar-refractivity contribution is -0.139. The van der Waals surface area contributed by atoms with Gasteiger partial charge in [-0.2, -0.15) is 0 Å². The van der Waals surface area contributed by atoms with Crippen LogP contribution in [0.1, 0.15) is 0 Å². The highest BCUT2D eigenvalue weighted by Gasteiger charge is 2.11. The van der Waals surface area contributed by atoms with Gasteiger partial charge in [-0.15, -0.1) is 0 Å². The summed E-state index contributed by atoms with van der Waals surface area (Å²) in [5.41, 5.74) is 5.19. The number of aliphatic carboxylic acids is 1. The number of carboxylic acids is 1. The van der Waals surface area contributed by atoms with E-state index < -0.39 is 12.0 Å². The number of hydrogen-bond acceptors (Lipinski definition) is 5. The smallest absolute Gasteiger partial charge is 0.324 e. The molecule has 1 atom stereocenters. The van der Waals surface area contributed by atoms with Crippen molar-refractivity contribution in [2.24, 2.45) is 5.73 Å². The van der Waals surface area contributed by atoms with E-state index in [1.807, 2.05) is 0 Å². The molecule has 0 amide bonds. The van der Waals surface area contributed by atoms with E-state index in [1.54, 1.807) is 0 Å². The second-order valence-electron chi connectivity index (χ2n) is 2.30. The third kappa shape index (κ3) is 3.04. The Hall–Kier alpha value is -1.69. The minimum Gasteiger partial charge on any atom is -0.480 e. The Bertz CT molecular complexity index is 278. The number of nitrogens with two attached hydrogens (primary N) is 1. The molecule has 1 heterocycles. The molecule has 1 aromatic rings. The van der Waals surface area contributed by atoms with Crippen LogP contribution >= 0.6 is 0 Å². The third-order valence-electron chi connectivity index (χ3n) is 1.27. The van der Waals surface area contributed by atoms with Crippen LogP contribution in [0, 0.1) is 0 Å². The normalized spacial score (nSPS) is 12.1. The minimum atomic E-state index is -1.11. The summed E-state index contributed by atoms with van der Waals surface area (Å²) in [5.74, 6) is -0.844. The molecule has 0 radical (unpaired) electrons. The van der Waals surface area contributed by atoms with E-state index in [0.717, 1.165) is 0 Å². The van der Waals surface area contributed by atoms with Crippen LogP contribution in [0.3, 0.4) is 0 Å². The van der Waals surface area contributed by atoms with E-state index >= 15 is 0 Å². The molecular weight excluding hydrogens is 174 g/mol. The number of rotatable bonds is 4. The van der Waals surface area contributed by atoms with Crippen molar-refractivity contribution in [3.8, 4) is 5.88 Å². The number of carbonyl (C=O) groups is 1. The average molecular weight is 183 g/mol. The molecule has 70 valence electrons. The van der Waals surface area contributed by atoms with E-state index in [2.05, 4.69) is 9.97 Å². The second-order valence-corrected chi connectivity index (χ2v) is 2.30. The maximum absolute atomic E-state index is 10.3. The van der Waals surface area contributed by atoms with Gasteiger partial charge in [0.2, 0.25) is 5.88 Å². The highest BCUT2D eigenvalue weighted by molar-refractivity contribution is 5.73. The van der Waals surface area contributed by atoms with Crippen LogP contribution in [-0.2, 0) is 4.79 Å². The summed E-state index contributed by atoms with van der Waals surface area (Å²) in [6.07, 6.45) is 4.32. The van der Waals surface area contributed by atoms with Gasteiger partial charge in [0.25, 0.3) is 0 Å². The molecule has 0 aromatic carbocycles. The molecular formula is C7H9N3O3. The fourth-order valence-corrected chi connectivity index (χ4v) is 0.606. The molecule has 1 rings (SSSR count). The molecule has 1 unspecified atom stereocenters. The lowest BCUT2D eigenvalue weighted by Gasteiger charge is -2.06. The fraction of sp³-hybridized carbons (Fsp3) is 0.286. The van der Waals surface area contributed by atoms with Crippen molar-refractivity contribution < 1.29 is 14.6 Å². The zero-order chi connectivity index (χ0) is 9.68. The highest BCUT2D eigenvalue weighted by atomic mass is 16.5. The SMILES string of the molecule is NC(COc1cnccn1)C(=O)O. The summed E-state index contributed by atoms with van der Waals surface area (Å²) in [6, 6.07) is -1.04. The predicted molar refractivity (Wildman–Crippen MR) is 43.1 cm³/mol. The lowest BCUT2D eigenvalue weighted by Crippen LogP contribution is -2.36. The molecule has 13 heavy (non-hydrogen) atoms. The van der Waals surface area contributed by atoms with E-state index in [0.29, 0.717) is 0 Å². The van der Waals surface area contributed by atoms with Gasteiger partial charge in [0.1, 0.15) is 12.6 Å². The van der Waals surface area contributed by atoms with Crippen LogP contribution in [0.25, 0.3) is 0 Å². The molecule has 0 saturated carbocycles. The van der Waals surface area contributed by atoms with Crippen LogP contribution < -0.4 is 10.5 Å². The summed E-state index contributed by atoms with van der Waals surface area (Å²) in [6.45, 7) is -0.117. The van der Waals surface area contributed by atoms with Crippen LogP contribution in [0.15, 0.2) is 18.6 Å². The topological polar surface area (TPSA) is 98.3 Å². The van der Waals surface area contributed by atoms with Gasteiger partial charge in [-0.25, -0.2) is 4.98 Å². The number of nitrogens with zero attached hydrogens (tertiary/aromatic N) is 2. The number of aromatic nitrogens is 2. The van der Waals surface area contributed by atoms with Crippen LogP contribution in [0.5, 0.6) is 5.88 Å². The third-order valence-corrected chi connectivity index (χ3v) is 1.27. The van der Waals surface area contributed by atoms with Crippen molar-refractivity contribution in [1.82, 2.24) is 9.97 Å². The molecule has 1 aromatic heterocycles. The van der Waals surface area contributed by atoms with Crippen molar-refractivity contribution in [2.45, 2.75) is 6.04 Å². The molecule has 0 spiro atoms. The first-order chi connectivity index (χ1) is 6.20. The van der Waals surface area contributed by atoms with Gasteiger partial charge in [-0.3, -0.25) is 9.78 Å². The molecule has 6 nitrogen and oxygen atoms in total. The zero-order valence-electron chi connectivity index (χ0n) is 6.75. The Morgan fingerprint density at radius 3 is 3.00 bits per heavy atom. The number of hydrogen-bond donors (Lipinski definition) is 2. The van der Waals surface area contributed by atoms with Crippen LogP contribution in [0.2, 0.25) is 0 Å². The van der Waals surface area contributed by atoms with E-state index in [-0.39, 0.29) is 12.5 Å². The highest BCUT2D eigenvalue weighted by Crippen LogP contribution is 2.00. The van der Waals surface area contributed by atoms with Crippen molar-refractivity contribution >= 4 is 5.97 Å². The Morgan fingerprint density at radius 1 is 1.69 bits per heavy atom. The van der Waals surface area contributed by atoms with Gasteiger partial charge >= 0.3 is 5.97 Å². The van der Waals surface area contributed by atoms with Gasteiger partial charge in [0, 0.05) is 12.4 Å². The quantitative estimate of drug-likeness (QED) is 0.638. The summed E-state index contributed by atoms with van der Waals surface area (Å²) < 4.78 is 4.95. The lowest BCUT2D eigenvalue weighted by atomic mass is 10.3. The molecule has 0 fully saturated rings. The second kappa shape index (κ2) is 4.36. The number of ether oxygens (including phenoxy) is 1. The maximum Gasteiger partial charge on any atom is 0.324 e. The molecule has 0 aliphatic heterocycles. The average Bonchev–Trinajstić information content (AvgIpc) is 2.15. The first-order valence-electron chi connectivity index (χ1n) is 3.57. The Balaban J connectivity index is 2.39. The van der Waals surface area contributed by atoms with Crippen molar-refractivity contribution in [2.75, 3.05) is 6.61 Å². The molecule has 0 saturated heterocycles. The summed E-state index contributed by atoms with van der Waals surface area (Å²) in [5, 5.41) is 8.42. The standard InChI is InChI=1S/C7H9N3O3/c8-5(7(11)12)4-13-6-3-9-1-2-10-6/h1-3,5H,4,8H2,(H,11,12). The maximum atomic E-state index is 10.3. The van der Waals surface area contributed by atoms with E-state index in [1.165, 1.54) is 18.6 Å². The largest absolute Gasteiger partial charge is 0.480 e. The first kappa shape index (κ1) is 9.40. The van der Waals surface area contributed by atoms with Crippen molar-refractivity contribution in [3.05, 3.63) is 18.6 Å². The minimum absolute atomic E-state index is 0.117. The van der Waals surface area contributed by atoms with Crippen molar-refractivity contribution in [1.29, 1.82) is 0 Å². The van der Waals surface area contributed by atoms with Crippen molar-refractivity contribution in [3.63, 3.8) is 0 Å². The molecule has 0 bridgehead atoms. The molecule has 0 aliphatic rings. The van der Waals surface area contributed by atoms with Gasteiger partial charge < -0.3 is 15.6 Å². The summed E-state index contributed by atoms with van der Waals surface area (Å²) in [7, 11) is 0. The molecule has 0 aliphatic carbocycles. The van der Waals surface area contributed by atoms with Gasteiger partial charge in [0.05, 0.1) is 6.20 Å².